The molecule has 24 heavy (non-hydrogen) atoms. The van der Waals surface area contributed by atoms with Gasteiger partial charge in [0.05, 0.1) is 22.3 Å². The highest BCUT2D eigenvalue weighted by atomic mass is 19.4. The molecular formula is C15H10F3N3O3. The van der Waals surface area contributed by atoms with Crippen molar-refractivity contribution in [1.82, 2.24) is 5.43 Å². The summed E-state index contributed by atoms with van der Waals surface area (Å²) >= 11 is 0. The molecule has 1 N–H and O–H groups in total. The Balaban J connectivity index is 2.10. The van der Waals surface area contributed by atoms with Gasteiger partial charge < -0.3 is 0 Å². The third-order valence-electron chi connectivity index (χ3n) is 2.96. The summed E-state index contributed by atoms with van der Waals surface area (Å²) in [6.07, 6.45) is -3.49. The summed E-state index contributed by atoms with van der Waals surface area (Å²) in [7, 11) is 0. The van der Waals surface area contributed by atoms with E-state index in [-0.39, 0.29) is 5.69 Å². The first-order valence-electron chi connectivity index (χ1n) is 6.53. The average Bonchev–Trinajstić information content (AvgIpc) is 2.54. The van der Waals surface area contributed by atoms with Crippen molar-refractivity contribution in [1.29, 1.82) is 0 Å². The summed E-state index contributed by atoms with van der Waals surface area (Å²) in [4.78, 5) is 21.8. The number of hydrazone groups is 1. The molecule has 0 aliphatic heterocycles. The summed E-state index contributed by atoms with van der Waals surface area (Å²) in [5, 5.41) is 14.1. The Hall–Kier alpha value is -3.23. The van der Waals surface area contributed by atoms with Gasteiger partial charge in [-0.2, -0.15) is 18.3 Å². The van der Waals surface area contributed by atoms with Crippen LogP contribution in [0.1, 0.15) is 21.5 Å². The van der Waals surface area contributed by atoms with E-state index < -0.39 is 28.1 Å². The van der Waals surface area contributed by atoms with Crippen LogP contribution in [0.4, 0.5) is 18.9 Å². The molecule has 0 saturated carbocycles. The number of halogens is 3. The van der Waals surface area contributed by atoms with Crippen LogP contribution in [0.3, 0.4) is 0 Å². The fourth-order valence-corrected chi connectivity index (χ4v) is 1.84. The molecule has 1 amide bonds. The van der Waals surface area contributed by atoms with Crippen LogP contribution in [0.5, 0.6) is 0 Å². The molecule has 0 aliphatic rings. The molecular weight excluding hydrogens is 327 g/mol. The summed E-state index contributed by atoms with van der Waals surface area (Å²) in [6, 6.07) is 9.58. The van der Waals surface area contributed by atoms with Crippen LogP contribution in [0.25, 0.3) is 0 Å². The van der Waals surface area contributed by atoms with Crippen molar-refractivity contribution in [3.8, 4) is 0 Å². The van der Waals surface area contributed by atoms with E-state index in [0.29, 0.717) is 5.56 Å². The van der Waals surface area contributed by atoms with Gasteiger partial charge in [0.1, 0.15) is 0 Å². The Labute approximate surface area is 133 Å². The number of benzene rings is 2. The number of hydrogen-bond acceptors (Lipinski definition) is 4. The van der Waals surface area contributed by atoms with Crippen LogP contribution in [-0.4, -0.2) is 17.0 Å². The quantitative estimate of drug-likeness (QED) is 0.527. The first kappa shape index (κ1) is 17.1. The number of nitro groups is 1. The van der Waals surface area contributed by atoms with E-state index in [9.17, 15) is 28.1 Å². The Kier molecular flexibility index (Phi) is 4.93. The highest BCUT2D eigenvalue weighted by Crippen LogP contribution is 2.31. The average molecular weight is 337 g/mol. The maximum Gasteiger partial charge on any atom is 0.417 e. The van der Waals surface area contributed by atoms with Crippen molar-refractivity contribution < 1.29 is 22.9 Å². The zero-order valence-electron chi connectivity index (χ0n) is 11.9. The largest absolute Gasteiger partial charge is 0.417 e. The molecule has 0 heterocycles. The summed E-state index contributed by atoms with van der Waals surface area (Å²) in [6.45, 7) is 0. The van der Waals surface area contributed by atoms with Gasteiger partial charge in [0.15, 0.2) is 0 Å². The Morgan fingerprint density at radius 3 is 2.33 bits per heavy atom. The minimum atomic E-state index is -4.66. The van der Waals surface area contributed by atoms with E-state index in [0.717, 1.165) is 18.3 Å². The van der Waals surface area contributed by atoms with Crippen LogP contribution >= 0.6 is 0 Å². The summed E-state index contributed by atoms with van der Waals surface area (Å²) in [5.41, 5.74) is 0.702. The van der Waals surface area contributed by atoms with Gasteiger partial charge in [-0.15, -0.1) is 0 Å². The van der Waals surface area contributed by atoms with Crippen LogP contribution in [0, 0.1) is 10.1 Å². The van der Waals surface area contributed by atoms with Gasteiger partial charge in [-0.3, -0.25) is 14.9 Å². The molecule has 0 radical (unpaired) electrons. The normalized spacial score (nSPS) is 11.5. The zero-order valence-corrected chi connectivity index (χ0v) is 11.9. The number of nitrogens with one attached hydrogen (secondary N) is 1. The molecule has 0 atom stereocenters. The van der Waals surface area contributed by atoms with Gasteiger partial charge in [0.2, 0.25) is 0 Å². The SMILES string of the molecule is O=C(N/N=C/c1ccc([N+](=O)[O-])cc1)c1ccccc1C(F)(F)F. The van der Waals surface area contributed by atoms with Gasteiger partial charge in [-0.1, -0.05) is 12.1 Å². The van der Waals surface area contributed by atoms with Gasteiger partial charge >= 0.3 is 6.18 Å². The van der Waals surface area contributed by atoms with Crippen molar-refractivity contribution in [2.45, 2.75) is 6.18 Å². The molecule has 0 fully saturated rings. The standard InChI is InChI=1S/C15H10F3N3O3/c16-15(17,18)13-4-2-1-3-12(13)14(22)20-19-9-10-5-7-11(8-6-10)21(23)24/h1-9H,(H,20,22)/b19-9+. The molecule has 0 aliphatic carbocycles. The zero-order chi connectivity index (χ0) is 17.7. The number of non-ortho nitro benzene ring substituents is 1. The molecule has 124 valence electrons. The first-order valence-corrected chi connectivity index (χ1v) is 6.53. The van der Waals surface area contributed by atoms with Crippen molar-refractivity contribution in [3.05, 3.63) is 75.3 Å². The maximum absolute atomic E-state index is 12.8. The summed E-state index contributed by atoms with van der Waals surface area (Å²) in [5.74, 6) is -1.01. The van der Waals surface area contributed by atoms with Gasteiger partial charge in [0.25, 0.3) is 11.6 Å². The second-order valence-electron chi connectivity index (χ2n) is 4.59. The number of amides is 1. The Bertz CT molecular complexity index is 787. The lowest BCUT2D eigenvalue weighted by molar-refractivity contribution is -0.384. The maximum atomic E-state index is 12.8. The number of carbonyl (C=O) groups excluding carboxylic acids is 1. The number of nitrogens with zero attached hydrogens (tertiary/aromatic N) is 2. The molecule has 0 spiro atoms. The van der Waals surface area contributed by atoms with E-state index in [1.54, 1.807) is 0 Å². The van der Waals surface area contributed by atoms with Crippen molar-refractivity contribution in [2.24, 2.45) is 5.10 Å². The highest BCUT2D eigenvalue weighted by Gasteiger charge is 2.34. The minimum absolute atomic E-state index is 0.115. The monoisotopic (exact) mass is 337 g/mol. The third-order valence-corrected chi connectivity index (χ3v) is 2.96. The predicted molar refractivity (Wildman–Crippen MR) is 79.6 cm³/mol. The van der Waals surface area contributed by atoms with Gasteiger partial charge in [-0.05, 0) is 29.8 Å². The fourth-order valence-electron chi connectivity index (χ4n) is 1.84. The van der Waals surface area contributed by atoms with Gasteiger partial charge in [-0.25, -0.2) is 5.43 Å². The number of alkyl halides is 3. The Morgan fingerprint density at radius 2 is 1.75 bits per heavy atom. The van der Waals surface area contributed by atoms with E-state index in [4.69, 9.17) is 0 Å². The van der Waals surface area contributed by atoms with Crippen molar-refractivity contribution >= 4 is 17.8 Å². The van der Waals surface area contributed by atoms with Gasteiger partial charge in [0, 0.05) is 12.1 Å². The molecule has 6 nitrogen and oxygen atoms in total. The number of nitro benzene ring substituents is 1. The number of carbonyl (C=O) groups is 1. The molecule has 2 aromatic rings. The van der Waals surface area contributed by atoms with E-state index >= 15 is 0 Å². The lowest BCUT2D eigenvalue weighted by Gasteiger charge is -2.10. The van der Waals surface area contributed by atoms with Crippen LogP contribution < -0.4 is 5.43 Å². The molecule has 0 bridgehead atoms. The van der Waals surface area contributed by atoms with Crippen LogP contribution in [0.2, 0.25) is 0 Å². The van der Waals surface area contributed by atoms with Crippen molar-refractivity contribution in [2.75, 3.05) is 0 Å². The molecule has 2 rings (SSSR count). The van der Waals surface area contributed by atoms with Crippen molar-refractivity contribution in [3.63, 3.8) is 0 Å². The van der Waals surface area contributed by atoms with E-state index in [2.05, 4.69) is 5.10 Å². The second kappa shape index (κ2) is 6.90. The lowest BCUT2D eigenvalue weighted by atomic mass is 10.1. The molecule has 9 heteroatoms. The first-order chi connectivity index (χ1) is 11.3. The van der Waals surface area contributed by atoms with Crippen LogP contribution in [0.15, 0.2) is 53.6 Å². The molecule has 0 aromatic heterocycles. The predicted octanol–water partition coefficient (Wildman–Crippen LogP) is 3.38. The number of hydrogen-bond donors (Lipinski definition) is 1. The third kappa shape index (κ3) is 4.15. The lowest BCUT2D eigenvalue weighted by Crippen LogP contribution is -2.22. The molecule has 0 unspecified atom stereocenters. The highest BCUT2D eigenvalue weighted by molar-refractivity contribution is 5.96. The molecule has 2 aromatic carbocycles. The number of rotatable bonds is 4. The molecule has 0 saturated heterocycles. The van der Waals surface area contributed by atoms with E-state index in [1.807, 2.05) is 5.43 Å². The summed E-state index contributed by atoms with van der Waals surface area (Å²) < 4.78 is 38.5. The smallest absolute Gasteiger partial charge is 0.267 e. The fraction of sp³-hybridized carbons (Fsp3) is 0.0667. The second-order valence-corrected chi connectivity index (χ2v) is 4.59. The van der Waals surface area contributed by atoms with Crippen LogP contribution in [-0.2, 0) is 6.18 Å². The van der Waals surface area contributed by atoms with E-state index in [1.165, 1.54) is 36.4 Å². The Morgan fingerprint density at radius 1 is 1.12 bits per heavy atom. The topological polar surface area (TPSA) is 84.6 Å². The minimum Gasteiger partial charge on any atom is -0.267 e.